The van der Waals surface area contributed by atoms with Crippen LogP contribution >= 0.6 is 11.3 Å². The third-order valence-corrected chi connectivity index (χ3v) is 7.36. The van der Waals surface area contributed by atoms with Crippen molar-refractivity contribution in [2.45, 2.75) is 24.2 Å². The van der Waals surface area contributed by atoms with Crippen LogP contribution in [0.1, 0.15) is 18.4 Å². The van der Waals surface area contributed by atoms with Crippen molar-refractivity contribution < 1.29 is 17.9 Å². The van der Waals surface area contributed by atoms with Crippen molar-refractivity contribution in [3.05, 3.63) is 46.7 Å². The van der Waals surface area contributed by atoms with Crippen LogP contribution in [0.2, 0.25) is 0 Å². The Morgan fingerprint density at radius 1 is 1.30 bits per heavy atom. The summed E-state index contributed by atoms with van der Waals surface area (Å²) in [6, 6.07) is 8.38. The number of piperidine rings is 1. The Balaban J connectivity index is 1.59. The molecule has 1 amide bonds. The molecule has 146 valence electrons. The maximum Gasteiger partial charge on any atom is 0.243 e. The zero-order valence-electron chi connectivity index (χ0n) is 15.3. The van der Waals surface area contributed by atoms with E-state index < -0.39 is 10.0 Å². The van der Waals surface area contributed by atoms with Crippen molar-refractivity contribution in [1.82, 2.24) is 9.62 Å². The quantitative estimate of drug-likeness (QED) is 0.764. The van der Waals surface area contributed by atoms with E-state index in [0.717, 1.165) is 6.42 Å². The normalized spacial score (nSPS) is 18.2. The molecule has 2 heterocycles. The largest absolute Gasteiger partial charge is 0.497 e. The van der Waals surface area contributed by atoms with Gasteiger partial charge in [0.05, 0.1) is 17.9 Å². The third kappa shape index (κ3) is 4.88. The first kappa shape index (κ1) is 19.9. The van der Waals surface area contributed by atoms with Gasteiger partial charge in [0.2, 0.25) is 15.9 Å². The molecule has 0 radical (unpaired) electrons. The molecule has 1 unspecified atom stereocenters. The van der Waals surface area contributed by atoms with Gasteiger partial charge in [-0.05, 0) is 65.9 Å². The van der Waals surface area contributed by atoms with Crippen LogP contribution in [0.25, 0.3) is 0 Å². The average molecular weight is 409 g/mol. The van der Waals surface area contributed by atoms with Gasteiger partial charge in [0.1, 0.15) is 5.75 Å². The summed E-state index contributed by atoms with van der Waals surface area (Å²) in [6.07, 6.45) is 2.17. The lowest BCUT2D eigenvalue weighted by Gasteiger charge is -2.31. The maximum absolute atomic E-state index is 12.9. The smallest absolute Gasteiger partial charge is 0.243 e. The second-order valence-electron chi connectivity index (χ2n) is 6.55. The number of rotatable bonds is 7. The van der Waals surface area contributed by atoms with Crippen molar-refractivity contribution in [3.8, 4) is 5.75 Å². The van der Waals surface area contributed by atoms with Gasteiger partial charge < -0.3 is 10.1 Å². The van der Waals surface area contributed by atoms with Crippen LogP contribution in [0.15, 0.2) is 46.0 Å². The first-order valence-electron chi connectivity index (χ1n) is 8.93. The number of amides is 1. The van der Waals surface area contributed by atoms with Crippen LogP contribution in [0.5, 0.6) is 5.75 Å². The highest BCUT2D eigenvalue weighted by molar-refractivity contribution is 7.89. The molecule has 1 fully saturated rings. The number of methoxy groups -OCH3 is 1. The molecule has 0 aliphatic carbocycles. The van der Waals surface area contributed by atoms with Gasteiger partial charge in [0.15, 0.2) is 0 Å². The van der Waals surface area contributed by atoms with E-state index >= 15 is 0 Å². The zero-order chi connectivity index (χ0) is 19.3. The van der Waals surface area contributed by atoms with Crippen molar-refractivity contribution in [2.24, 2.45) is 5.92 Å². The Bertz CT molecular complexity index is 848. The summed E-state index contributed by atoms with van der Waals surface area (Å²) >= 11 is 1.64. The summed E-state index contributed by atoms with van der Waals surface area (Å²) in [6.45, 7) is 1.23. The number of thiophene rings is 1. The fourth-order valence-corrected chi connectivity index (χ4v) is 5.41. The van der Waals surface area contributed by atoms with Crippen LogP contribution < -0.4 is 10.1 Å². The number of nitrogens with zero attached hydrogens (tertiary/aromatic N) is 1. The van der Waals surface area contributed by atoms with Gasteiger partial charge in [0.25, 0.3) is 0 Å². The zero-order valence-corrected chi connectivity index (χ0v) is 16.9. The van der Waals surface area contributed by atoms with Gasteiger partial charge >= 0.3 is 0 Å². The molecule has 2 aromatic rings. The monoisotopic (exact) mass is 408 g/mol. The fourth-order valence-electron chi connectivity index (χ4n) is 3.18. The standard InChI is InChI=1S/C19H24N2O4S2/c1-25-17-4-6-18(7-5-17)27(23,24)21-11-2-3-16(13-21)19(22)20-10-8-15-9-12-26-14-15/h4-7,9,12,14,16H,2-3,8,10-11,13H2,1H3,(H,20,22). The van der Waals surface area contributed by atoms with Gasteiger partial charge in [-0.3, -0.25) is 4.79 Å². The first-order valence-corrected chi connectivity index (χ1v) is 11.3. The Morgan fingerprint density at radius 3 is 2.74 bits per heavy atom. The molecule has 1 saturated heterocycles. The molecule has 3 rings (SSSR count). The molecule has 6 nitrogen and oxygen atoms in total. The topological polar surface area (TPSA) is 75.7 Å². The molecule has 1 aliphatic heterocycles. The van der Waals surface area contributed by atoms with E-state index in [-0.39, 0.29) is 23.3 Å². The number of carbonyl (C=O) groups is 1. The molecule has 1 atom stereocenters. The van der Waals surface area contributed by atoms with E-state index in [4.69, 9.17) is 4.74 Å². The highest BCUT2D eigenvalue weighted by atomic mass is 32.2. The van der Waals surface area contributed by atoms with Crippen molar-refractivity contribution in [3.63, 3.8) is 0 Å². The Morgan fingerprint density at radius 2 is 2.07 bits per heavy atom. The number of hydrogen-bond acceptors (Lipinski definition) is 5. The van der Waals surface area contributed by atoms with Crippen LogP contribution in [-0.4, -0.2) is 45.4 Å². The summed E-state index contributed by atoms with van der Waals surface area (Å²) in [5.74, 6) is 0.226. The van der Waals surface area contributed by atoms with Crippen molar-refractivity contribution in [2.75, 3.05) is 26.7 Å². The summed E-state index contributed by atoms with van der Waals surface area (Å²) in [5.41, 5.74) is 1.20. The molecule has 0 bridgehead atoms. The highest BCUT2D eigenvalue weighted by Crippen LogP contribution is 2.25. The number of hydrogen-bond donors (Lipinski definition) is 1. The molecule has 8 heteroatoms. The van der Waals surface area contributed by atoms with E-state index in [1.807, 2.05) is 11.4 Å². The summed E-state index contributed by atoms with van der Waals surface area (Å²) in [4.78, 5) is 12.7. The molecule has 1 aliphatic rings. The Hall–Kier alpha value is -1.90. The molecular formula is C19H24N2O4S2. The van der Waals surface area contributed by atoms with E-state index in [0.29, 0.717) is 31.7 Å². The second-order valence-corrected chi connectivity index (χ2v) is 9.27. The van der Waals surface area contributed by atoms with Crippen LogP contribution in [0.3, 0.4) is 0 Å². The highest BCUT2D eigenvalue weighted by Gasteiger charge is 2.33. The number of nitrogens with one attached hydrogen (secondary N) is 1. The van der Waals surface area contributed by atoms with Crippen LogP contribution in [0.4, 0.5) is 0 Å². The Labute approximate surface area is 164 Å². The summed E-state index contributed by atoms with van der Waals surface area (Å²) in [7, 11) is -2.07. The molecule has 27 heavy (non-hydrogen) atoms. The lowest BCUT2D eigenvalue weighted by atomic mass is 9.99. The fraction of sp³-hybridized carbons (Fsp3) is 0.421. The lowest BCUT2D eigenvalue weighted by Crippen LogP contribution is -2.45. The third-order valence-electron chi connectivity index (χ3n) is 4.75. The molecule has 0 saturated carbocycles. The minimum atomic E-state index is -3.61. The minimum absolute atomic E-state index is 0.0696. The van der Waals surface area contributed by atoms with E-state index in [1.165, 1.54) is 17.0 Å². The predicted octanol–water partition coefficient (Wildman–Crippen LogP) is 2.52. The van der Waals surface area contributed by atoms with E-state index in [1.54, 1.807) is 35.6 Å². The number of ether oxygens (including phenoxy) is 1. The van der Waals surface area contributed by atoms with Gasteiger partial charge in [-0.2, -0.15) is 15.6 Å². The van der Waals surface area contributed by atoms with Crippen molar-refractivity contribution >= 4 is 27.3 Å². The molecular weight excluding hydrogens is 384 g/mol. The van der Waals surface area contributed by atoms with Gasteiger partial charge in [-0.1, -0.05) is 0 Å². The first-order chi connectivity index (χ1) is 13.0. The average Bonchev–Trinajstić information content (AvgIpc) is 3.21. The summed E-state index contributed by atoms with van der Waals surface area (Å²) < 4.78 is 32.3. The van der Waals surface area contributed by atoms with Crippen LogP contribution in [-0.2, 0) is 21.2 Å². The molecule has 1 aromatic carbocycles. The number of benzene rings is 1. The minimum Gasteiger partial charge on any atom is -0.497 e. The van der Waals surface area contributed by atoms with Gasteiger partial charge in [-0.25, -0.2) is 8.42 Å². The van der Waals surface area contributed by atoms with Crippen LogP contribution in [0, 0.1) is 5.92 Å². The molecule has 1 aromatic heterocycles. The van der Waals surface area contributed by atoms with Crippen molar-refractivity contribution in [1.29, 1.82) is 0 Å². The lowest BCUT2D eigenvalue weighted by molar-refractivity contribution is -0.126. The molecule has 0 spiro atoms. The summed E-state index contributed by atoms with van der Waals surface area (Å²) in [5, 5.41) is 7.02. The Kier molecular flexibility index (Phi) is 6.51. The van der Waals surface area contributed by atoms with Gasteiger partial charge in [0, 0.05) is 19.6 Å². The number of sulfonamides is 1. The SMILES string of the molecule is COc1ccc(S(=O)(=O)N2CCCC(C(=O)NCCc3ccsc3)C2)cc1. The van der Waals surface area contributed by atoms with Gasteiger partial charge in [-0.15, -0.1) is 0 Å². The predicted molar refractivity (Wildman–Crippen MR) is 106 cm³/mol. The van der Waals surface area contributed by atoms with E-state index in [2.05, 4.69) is 10.7 Å². The molecule has 1 N–H and O–H groups in total. The second kappa shape index (κ2) is 8.86. The van der Waals surface area contributed by atoms with E-state index in [9.17, 15) is 13.2 Å². The maximum atomic E-state index is 12.9. The number of carbonyl (C=O) groups excluding carboxylic acids is 1.